The predicted molar refractivity (Wildman–Crippen MR) is 61.6 cm³/mol. The lowest BCUT2D eigenvalue weighted by Gasteiger charge is -2.11. The van der Waals surface area contributed by atoms with Gasteiger partial charge in [-0.2, -0.15) is 0 Å². The number of hydrogen-bond donors (Lipinski definition) is 4. The number of aliphatic hydroxyl groups is 2. The second kappa shape index (κ2) is 6.07. The fourth-order valence-corrected chi connectivity index (χ4v) is 1.31. The number of nitrogens with one attached hydrogen (secondary N) is 1. The number of aliphatic hydroxyl groups excluding tert-OH is 2. The molecule has 0 saturated carbocycles. The van der Waals surface area contributed by atoms with Crippen molar-refractivity contribution < 1.29 is 29.4 Å². The Balaban J connectivity index is 3.10. The van der Waals surface area contributed by atoms with Gasteiger partial charge in [-0.1, -0.05) is 0 Å². The molecular formula is C10H11FN2O6. The van der Waals surface area contributed by atoms with E-state index in [1.54, 1.807) is 0 Å². The number of rotatable bonds is 6. The maximum Gasteiger partial charge on any atom is 0.342 e. The van der Waals surface area contributed by atoms with Gasteiger partial charge >= 0.3 is 5.97 Å². The van der Waals surface area contributed by atoms with Crippen molar-refractivity contribution in [1.29, 1.82) is 0 Å². The summed E-state index contributed by atoms with van der Waals surface area (Å²) in [6.07, 6.45) is -1.16. The largest absolute Gasteiger partial charge is 0.477 e. The van der Waals surface area contributed by atoms with Crippen LogP contribution in [0.3, 0.4) is 0 Å². The normalized spacial score (nSPS) is 11.9. The van der Waals surface area contributed by atoms with E-state index in [-0.39, 0.29) is 12.2 Å². The number of benzene rings is 1. The minimum Gasteiger partial charge on any atom is -0.477 e. The second-order valence-corrected chi connectivity index (χ2v) is 3.63. The molecule has 0 spiro atoms. The summed E-state index contributed by atoms with van der Waals surface area (Å²) in [5.74, 6) is -2.60. The van der Waals surface area contributed by atoms with Crippen molar-refractivity contribution in [2.75, 3.05) is 18.5 Å². The molecule has 0 fully saturated rings. The van der Waals surface area contributed by atoms with Crippen molar-refractivity contribution >= 4 is 17.3 Å². The average molecular weight is 274 g/mol. The van der Waals surface area contributed by atoms with Gasteiger partial charge in [0.1, 0.15) is 5.56 Å². The SMILES string of the molecule is O=C(O)c1cc(NCC(O)CO)c(F)cc1[N+](=O)[O-]. The molecule has 0 radical (unpaired) electrons. The van der Waals surface area contributed by atoms with E-state index in [0.29, 0.717) is 6.07 Å². The summed E-state index contributed by atoms with van der Waals surface area (Å²) in [5, 5.41) is 39.4. The quantitative estimate of drug-likeness (QED) is 0.430. The number of anilines is 1. The number of carboxylic acid groups (broad SMARTS) is 1. The Labute approximate surface area is 106 Å². The smallest absolute Gasteiger partial charge is 0.342 e. The molecule has 0 heterocycles. The Kier molecular flexibility index (Phi) is 4.73. The maximum absolute atomic E-state index is 13.5. The second-order valence-electron chi connectivity index (χ2n) is 3.63. The van der Waals surface area contributed by atoms with Crippen molar-refractivity contribution in [2.45, 2.75) is 6.10 Å². The summed E-state index contributed by atoms with van der Waals surface area (Å²) in [4.78, 5) is 20.4. The molecule has 1 rings (SSSR count). The van der Waals surface area contributed by atoms with E-state index in [1.807, 2.05) is 0 Å². The van der Waals surface area contributed by atoms with E-state index < -0.39 is 40.7 Å². The highest BCUT2D eigenvalue weighted by Gasteiger charge is 2.23. The highest BCUT2D eigenvalue weighted by Crippen LogP contribution is 2.26. The van der Waals surface area contributed by atoms with Crippen LogP contribution in [0.1, 0.15) is 10.4 Å². The zero-order valence-corrected chi connectivity index (χ0v) is 9.54. The van der Waals surface area contributed by atoms with Crippen LogP contribution in [0.2, 0.25) is 0 Å². The standard InChI is InChI=1S/C10H11FN2O6/c11-7-2-9(13(18)19)6(10(16)17)1-8(7)12-3-5(15)4-14/h1-2,5,12,14-15H,3-4H2,(H,16,17). The fourth-order valence-electron chi connectivity index (χ4n) is 1.31. The number of halogens is 1. The van der Waals surface area contributed by atoms with Gasteiger partial charge in [0.25, 0.3) is 5.69 Å². The van der Waals surface area contributed by atoms with E-state index >= 15 is 0 Å². The highest BCUT2D eigenvalue weighted by atomic mass is 19.1. The molecule has 0 aliphatic heterocycles. The Hall–Kier alpha value is -2.26. The maximum atomic E-state index is 13.5. The number of hydrogen-bond acceptors (Lipinski definition) is 6. The molecule has 9 heteroatoms. The lowest BCUT2D eigenvalue weighted by atomic mass is 10.1. The third-order valence-corrected chi connectivity index (χ3v) is 2.25. The lowest BCUT2D eigenvalue weighted by Crippen LogP contribution is -2.23. The first-order valence-corrected chi connectivity index (χ1v) is 5.10. The van der Waals surface area contributed by atoms with Gasteiger partial charge in [-0.05, 0) is 6.07 Å². The van der Waals surface area contributed by atoms with Crippen LogP contribution in [0, 0.1) is 15.9 Å². The summed E-state index contributed by atoms with van der Waals surface area (Å²) in [6, 6.07) is 1.25. The van der Waals surface area contributed by atoms with Gasteiger partial charge in [0.2, 0.25) is 0 Å². The van der Waals surface area contributed by atoms with Gasteiger partial charge in [-0.25, -0.2) is 9.18 Å². The van der Waals surface area contributed by atoms with Crippen LogP contribution < -0.4 is 5.32 Å². The topological polar surface area (TPSA) is 133 Å². The molecule has 0 aliphatic rings. The van der Waals surface area contributed by atoms with Crippen LogP contribution in [0.4, 0.5) is 15.8 Å². The van der Waals surface area contributed by atoms with E-state index in [9.17, 15) is 19.3 Å². The van der Waals surface area contributed by atoms with Gasteiger partial charge in [0, 0.05) is 6.54 Å². The Morgan fingerprint density at radius 3 is 2.63 bits per heavy atom. The molecule has 1 unspecified atom stereocenters. The van der Waals surface area contributed by atoms with E-state index in [1.165, 1.54) is 0 Å². The number of aromatic carboxylic acids is 1. The lowest BCUT2D eigenvalue weighted by molar-refractivity contribution is -0.385. The zero-order valence-electron chi connectivity index (χ0n) is 9.54. The number of nitro benzene ring substituents is 1. The van der Waals surface area contributed by atoms with Crippen LogP contribution in [-0.2, 0) is 0 Å². The summed E-state index contributed by atoms with van der Waals surface area (Å²) < 4.78 is 13.5. The highest BCUT2D eigenvalue weighted by molar-refractivity contribution is 5.93. The molecule has 1 aromatic carbocycles. The van der Waals surface area contributed by atoms with Crippen LogP contribution >= 0.6 is 0 Å². The molecule has 4 N–H and O–H groups in total. The third-order valence-electron chi connectivity index (χ3n) is 2.25. The van der Waals surface area contributed by atoms with Crippen molar-refractivity contribution in [3.8, 4) is 0 Å². The third kappa shape index (κ3) is 3.60. The molecule has 0 aromatic heterocycles. The van der Waals surface area contributed by atoms with Crippen LogP contribution in [-0.4, -0.2) is 45.5 Å². The Morgan fingerprint density at radius 1 is 1.53 bits per heavy atom. The summed E-state index contributed by atoms with van der Waals surface area (Å²) in [6.45, 7) is -0.794. The first kappa shape index (κ1) is 14.8. The predicted octanol–water partition coefficient (Wildman–Crippen LogP) is 0.197. The van der Waals surface area contributed by atoms with Gasteiger partial charge in [0.05, 0.1) is 29.4 Å². The molecule has 0 bridgehead atoms. The first-order valence-electron chi connectivity index (χ1n) is 5.10. The van der Waals surface area contributed by atoms with Crippen LogP contribution in [0.15, 0.2) is 12.1 Å². The van der Waals surface area contributed by atoms with Gasteiger partial charge in [-0.15, -0.1) is 0 Å². The Bertz CT molecular complexity index is 507. The first-order chi connectivity index (χ1) is 8.86. The number of nitrogens with zero attached hydrogens (tertiary/aromatic N) is 1. The van der Waals surface area contributed by atoms with Gasteiger partial charge < -0.3 is 20.6 Å². The fraction of sp³-hybridized carbons (Fsp3) is 0.300. The van der Waals surface area contributed by atoms with Crippen LogP contribution in [0.25, 0.3) is 0 Å². The van der Waals surface area contributed by atoms with Crippen molar-refractivity contribution in [3.05, 3.63) is 33.6 Å². The van der Waals surface area contributed by atoms with Gasteiger partial charge in [-0.3, -0.25) is 10.1 Å². The van der Waals surface area contributed by atoms with Gasteiger partial charge in [0.15, 0.2) is 5.82 Å². The molecule has 8 nitrogen and oxygen atoms in total. The Morgan fingerprint density at radius 2 is 2.16 bits per heavy atom. The van der Waals surface area contributed by atoms with Crippen LogP contribution in [0.5, 0.6) is 0 Å². The summed E-state index contributed by atoms with van der Waals surface area (Å²) in [7, 11) is 0. The van der Waals surface area contributed by atoms with Crippen molar-refractivity contribution in [2.24, 2.45) is 0 Å². The molecule has 0 amide bonds. The summed E-state index contributed by atoms with van der Waals surface area (Å²) >= 11 is 0. The zero-order chi connectivity index (χ0) is 14.6. The van der Waals surface area contributed by atoms with E-state index in [4.69, 9.17) is 15.3 Å². The molecular weight excluding hydrogens is 263 g/mol. The molecule has 19 heavy (non-hydrogen) atoms. The van der Waals surface area contributed by atoms with E-state index in [0.717, 1.165) is 6.07 Å². The molecule has 104 valence electrons. The number of nitro groups is 1. The van der Waals surface area contributed by atoms with E-state index in [2.05, 4.69) is 5.32 Å². The summed E-state index contributed by atoms with van der Waals surface area (Å²) in [5.41, 5.74) is -1.85. The molecule has 0 aliphatic carbocycles. The van der Waals surface area contributed by atoms with Crippen molar-refractivity contribution in [1.82, 2.24) is 0 Å². The minimum absolute atomic E-state index is 0.232. The van der Waals surface area contributed by atoms with Crippen molar-refractivity contribution in [3.63, 3.8) is 0 Å². The molecule has 1 aromatic rings. The number of carbonyl (C=O) groups is 1. The monoisotopic (exact) mass is 274 g/mol. The molecule has 0 saturated heterocycles. The molecule has 1 atom stereocenters. The minimum atomic E-state index is -1.57. The average Bonchev–Trinajstić information content (AvgIpc) is 2.35. The number of carboxylic acids is 1.